The first-order valence-electron chi connectivity index (χ1n) is 10.0. The number of benzene rings is 1. The Balaban J connectivity index is 1.56. The van der Waals surface area contributed by atoms with Crippen molar-refractivity contribution in [1.29, 1.82) is 0 Å². The number of likely N-dealkylation sites (tertiary alicyclic amines) is 1. The van der Waals surface area contributed by atoms with E-state index in [1.165, 1.54) is 17.1 Å². The van der Waals surface area contributed by atoms with E-state index >= 15 is 0 Å². The van der Waals surface area contributed by atoms with Crippen molar-refractivity contribution < 1.29 is 13.2 Å². The van der Waals surface area contributed by atoms with Gasteiger partial charge in [-0.2, -0.15) is 4.31 Å². The second-order valence-corrected chi connectivity index (χ2v) is 9.56. The maximum absolute atomic E-state index is 12.8. The standard InChI is InChI=1S/C20H31N3O3S/c1-3-18-6-4-5-11-22(18)16-20(24)21-12-14-23(15-13-21)27(25,26)19-9-7-17(2)8-10-19/h7-10,18H,3-6,11-16H2,1-2H3. The number of hydrogen-bond acceptors (Lipinski definition) is 4. The minimum absolute atomic E-state index is 0.128. The second kappa shape index (κ2) is 8.71. The van der Waals surface area contributed by atoms with Gasteiger partial charge in [0.1, 0.15) is 0 Å². The summed E-state index contributed by atoms with van der Waals surface area (Å²) in [5, 5.41) is 0. The summed E-state index contributed by atoms with van der Waals surface area (Å²) in [7, 11) is -3.48. The lowest BCUT2D eigenvalue weighted by atomic mass is 10.00. The van der Waals surface area contributed by atoms with Gasteiger partial charge in [-0.3, -0.25) is 9.69 Å². The smallest absolute Gasteiger partial charge is 0.243 e. The summed E-state index contributed by atoms with van der Waals surface area (Å²) in [5.41, 5.74) is 1.03. The SMILES string of the molecule is CCC1CCCCN1CC(=O)N1CCN(S(=O)(=O)c2ccc(C)cc2)CC1. The Bertz CT molecular complexity index is 740. The lowest BCUT2D eigenvalue weighted by Gasteiger charge is -2.38. The zero-order valence-electron chi connectivity index (χ0n) is 16.4. The first-order valence-corrected chi connectivity index (χ1v) is 11.4. The molecule has 27 heavy (non-hydrogen) atoms. The number of aryl methyl sites for hydroxylation is 1. The highest BCUT2D eigenvalue weighted by Crippen LogP contribution is 2.21. The van der Waals surface area contributed by atoms with Gasteiger partial charge in [0, 0.05) is 32.2 Å². The van der Waals surface area contributed by atoms with E-state index in [0.29, 0.717) is 43.7 Å². The molecule has 7 heteroatoms. The van der Waals surface area contributed by atoms with Crippen LogP contribution < -0.4 is 0 Å². The Morgan fingerprint density at radius 1 is 1.04 bits per heavy atom. The van der Waals surface area contributed by atoms with E-state index in [1.807, 2.05) is 24.0 Å². The molecule has 1 aromatic carbocycles. The zero-order valence-corrected chi connectivity index (χ0v) is 17.2. The molecule has 2 aliphatic rings. The average molecular weight is 394 g/mol. The molecular weight excluding hydrogens is 362 g/mol. The highest BCUT2D eigenvalue weighted by atomic mass is 32.2. The lowest BCUT2D eigenvalue weighted by Crippen LogP contribution is -2.53. The van der Waals surface area contributed by atoms with Crippen molar-refractivity contribution in [2.45, 2.75) is 50.5 Å². The highest BCUT2D eigenvalue weighted by molar-refractivity contribution is 7.89. The molecule has 0 saturated carbocycles. The van der Waals surface area contributed by atoms with Gasteiger partial charge in [0.25, 0.3) is 0 Å². The Labute approximate surface area is 163 Å². The van der Waals surface area contributed by atoms with Gasteiger partial charge in [0.2, 0.25) is 15.9 Å². The molecule has 6 nitrogen and oxygen atoms in total. The molecule has 1 amide bonds. The Morgan fingerprint density at radius 3 is 2.33 bits per heavy atom. The molecule has 2 fully saturated rings. The third-order valence-corrected chi connectivity index (χ3v) is 7.72. The molecule has 0 aromatic heterocycles. The number of piperidine rings is 1. The van der Waals surface area contributed by atoms with E-state index in [4.69, 9.17) is 0 Å². The summed E-state index contributed by atoms with van der Waals surface area (Å²) in [6.45, 7) is 7.23. The van der Waals surface area contributed by atoms with Gasteiger partial charge in [-0.05, 0) is 44.9 Å². The highest BCUT2D eigenvalue weighted by Gasteiger charge is 2.31. The van der Waals surface area contributed by atoms with E-state index < -0.39 is 10.0 Å². The summed E-state index contributed by atoms with van der Waals surface area (Å²) in [6.07, 6.45) is 4.66. The number of sulfonamides is 1. The molecule has 3 rings (SSSR count). The molecule has 0 spiro atoms. The molecule has 2 heterocycles. The molecule has 2 aliphatic heterocycles. The Morgan fingerprint density at radius 2 is 1.70 bits per heavy atom. The van der Waals surface area contributed by atoms with Gasteiger partial charge in [0.15, 0.2) is 0 Å². The number of nitrogens with zero attached hydrogens (tertiary/aromatic N) is 3. The zero-order chi connectivity index (χ0) is 19.4. The second-order valence-electron chi connectivity index (χ2n) is 7.63. The number of carbonyl (C=O) groups is 1. The van der Waals surface area contributed by atoms with E-state index in [9.17, 15) is 13.2 Å². The van der Waals surface area contributed by atoms with Crippen LogP contribution in [-0.2, 0) is 14.8 Å². The van der Waals surface area contributed by atoms with E-state index in [0.717, 1.165) is 24.9 Å². The largest absolute Gasteiger partial charge is 0.339 e. The van der Waals surface area contributed by atoms with Gasteiger partial charge in [-0.25, -0.2) is 8.42 Å². The van der Waals surface area contributed by atoms with E-state index in [-0.39, 0.29) is 5.91 Å². The minimum Gasteiger partial charge on any atom is -0.339 e. The molecular formula is C20H31N3O3S. The average Bonchev–Trinajstić information content (AvgIpc) is 2.69. The number of piperazine rings is 1. The van der Waals surface area contributed by atoms with Crippen molar-refractivity contribution in [2.24, 2.45) is 0 Å². The van der Waals surface area contributed by atoms with Crippen molar-refractivity contribution in [3.05, 3.63) is 29.8 Å². The van der Waals surface area contributed by atoms with E-state index in [2.05, 4.69) is 11.8 Å². The van der Waals surface area contributed by atoms with Crippen molar-refractivity contribution in [2.75, 3.05) is 39.3 Å². The molecule has 1 unspecified atom stereocenters. The molecule has 2 saturated heterocycles. The summed E-state index contributed by atoms with van der Waals surface area (Å²) < 4.78 is 27.1. The topological polar surface area (TPSA) is 60.9 Å². The van der Waals surface area contributed by atoms with Crippen LogP contribution in [0.1, 0.15) is 38.2 Å². The molecule has 0 N–H and O–H groups in total. The number of carbonyl (C=O) groups excluding carboxylic acids is 1. The summed E-state index contributed by atoms with van der Waals surface area (Å²) in [6, 6.07) is 7.45. The number of amides is 1. The first-order chi connectivity index (χ1) is 12.9. The number of hydrogen-bond donors (Lipinski definition) is 0. The van der Waals surface area contributed by atoms with Crippen LogP contribution >= 0.6 is 0 Å². The van der Waals surface area contributed by atoms with Crippen molar-refractivity contribution >= 4 is 15.9 Å². The van der Waals surface area contributed by atoms with Crippen LogP contribution in [0.4, 0.5) is 0 Å². The molecule has 1 aromatic rings. The fourth-order valence-electron chi connectivity index (χ4n) is 4.04. The number of rotatable bonds is 5. The third-order valence-electron chi connectivity index (χ3n) is 5.81. The predicted octanol–water partition coefficient (Wildman–Crippen LogP) is 2.09. The van der Waals surface area contributed by atoms with Crippen LogP contribution in [0.15, 0.2) is 29.2 Å². The Kier molecular flexibility index (Phi) is 6.55. The summed E-state index contributed by atoms with van der Waals surface area (Å²) >= 11 is 0. The molecule has 0 aliphatic carbocycles. The van der Waals surface area contributed by atoms with Crippen molar-refractivity contribution in [1.82, 2.24) is 14.1 Å². The van der Waals surface area contributed by atoms with Crippen LogP contribution in [0.5, 0.6) is 0 Å². The summed E-state index contributed by atoms with van der Waals surface area (Å²) in [4.78, 5) is 17.2. The van der Waals surface area contributed by atoms with E-state index in [1.54, 1.807) is 12.1 Å². The Hall–Kier alpha value is -1.44. The maximum atomic E-state index is 12.8. The molecule has 0 radical (unpaired) electrons. The molecule has 0 bridgehead atoms. The normalized spacial score (nSPS) is 22.7. The van der Waals surface area contributed by atoms with Crippen LogP contribution in [-0.4, -0.2) is 73.7 Å². The van der Waals surface area contributed by atoms with Crippen LogP contribution in [0, 0.1) is 6.92 Å². The fourth-order valence-corrected chi connectivity index (χ4v) is 5.46. The lowest BCUT2D eigenvalue weighted by molar-refractivity contribution is -0.134. The van der Waals surface area contributed by atoms with Gasteiger partial charge < -0.3 is 4.90 Å². The monoisotopic (exact) mass is 393 g/mol. The quantitative estimate of drug-likeness (QED) is 0.769. The minimum atomic E-state index is -3.48. The summed E-state index contributed by atoms with van der Waals surface area (Å²) in [5.74, 6) is 0.128. The van der Waals surface area contributed by atoms with Gasteiger partial charge >= 0.3 is 0 Å². The maximum Gasteiger partial charge on any atom is 0.243 e. The van der Waals surface area contributed by atoms with Crippen molar-refractivity contribution in [3.8, 4) is 0 Å². The van der Waals surface area contributed by atoms with Crippen molar-refractivity contribution in [3.63, 3.8) is 0 Å². The van der Waals surface area contributed by atoms with Gasteiger partial charge in [0.05, 0.1) is 11.4 Å². The van der Waals surface area contributed by atoms with Gasteiger partial charge in [-0.15, -0.1) is 0 Å². The molecule has 1 atom stereocenters. The van der Waals surface area contributed by atoms with Crippen LogP contribution in [0.25, 0.3) is 0 Å². The predicted molar refractivity (Wildman–Crippen MR) is 106 cm³/mol. The van der Waals surface area contributed by atoms with Gasteiger partial charge in [-0.1, -0.05) is 31.0 Å². The molecule has 150 valence electrons. The third kappa shape index (κ3) is 4.70. The first kappa shape index (κ1) is 20.3. The fraction of sp³-hybridized carbons (Fsp3) is 0.650. The van der Waals surface area contributed by atoms with Crippen LogP contribution in [0.3, 0.4) is 0 Å². The van der Waals surface area contributed by atoms with Crippen LogP contribution in [0.2, 0.25) is 0 Å².